The summed E-state index contributed by atoms with van der Waals surface area (Å²) in [6.45, 7) is -0.178. The van der Waals surface area contributed by atoms with Crippen LogP contribution in [0.3, 0.4) is 0 Å². The second-order valence-electron chi connectivity index (χ2n) is 6.47. The molecule has 2 N–H and O–H groups in total. The van der Waals surface area contributed by atoms with Crippen LogP contribution in [-0.4, -0.2) is 53.7 Å². The predicted molar refractivity (Wildman–Crippen MR) is 109 cm³/mol. The van der Waals surface area contributed by atoms with Crippen LogP contribution in [0.25, 0.3) is 10.4 Å². The number of benzene rings is 2. The molecule has 0 saturated carbocycles. The number of rotatable bonds is 8. The van der Waals surface area contributed by atoms with Gasteiger partial charge in [-0.25, -0.2) is 0 Å². The maximum atomic E-state index is 10.6. The molecule has 0 amide bonds. The van der Waals surface area contributed by atoms with E-state index >= 15 is 0 Å². The number of nitrogens with zero attached hydrogens (tertiary/aromatic N) is 3. The highest BCUT2D eigenvalue weighted by atomic mass is 32.2. The number of azide groups is 1. The van der Waals surface area contributed by atoms with Gasteiger partial charge in [0, 0.05) is 9.81 Å². The van der Waals surface area contributed by atoms with Crippen LogP contribution in [0.1, 0.15) is 5.56 Å². The van der Waals surface area contributed by atoms with Crippen LogP contribution in [-0.2, 0) is 16.1 Å². The van der Waals surface area contributed by atoms with E-state index in [4.69, 9.17) is 19.7 Å². The van der Waals surface area contributed by atoms with Crippen LogP contribution in [0.4, 0.5) is 0 Å². The second-order valence-corrected chi connectivity index (χ2v) is 7.64. The highest BCUT2D eigenvalue weighted by molar-refractivity contribution is 7.99. The Morgan fingerprint density at radius 1 is 1.17 bits per heavy atom. The molecule has 2 aromatic rings. The zero-order valence-electron chi connectivity index (χ0n) is 15.9. The molecule has 2 aromatic carbocycles. The first kappa shape index (κ1) is 21.4. The van der Waals surface area contributed by atoms with E-state index in [-0.39, 0.29) is 13.2 Å². The molecule has 1 saturated heterocycles. The fourth-order valence-corrected chi connectivity index (χ4v) is 4.20. The van der Waals surface area contributed by atoms with Gasteiger partial charge in [-0.3, -0.25) is 0 Å². The van der Waals surface area contributed by atoms with E-state index in [1.54, 1.807) is 7.11 Å². The van der Waals surface area contributed by atoms with Gasteiger partial charge >= 0.3 is 0 Å². The molecule has 1 fully saturated rings. The zero-order valence-corrected chi connectivity index (χ0v) is 16.7. The van der Waals surface area contributed by atoms with Crippen molar-refractivity contribution in [3.63, 3.8) is 0 Å². The SMILES string of the molecule is COc1ccc(CO[C@H]2[C@H](O)[C@@H](CO)O[C@@H](Sc3ccccc3)[C@@H]2N=[N+]=[N-])cc1. The average molecular weight is 417 g/mol. The average Bonchev–Trinajstić information content (AvgIpc) is 2.76. The van der Waals surface area contributed by atoms with E-state index in [0.717, 1.165) is 16.2 Å². The van der Waals surface area contributed by atoms with Crippen LogP contribution >= 0.6 is 11.8 Å². The number of aliphatic hydroxyl groups is 2. The van der Waals surface area contributed by atoms with E-state index in [2.05, 4.69) is 10.0 Å². The van der Waals surface area contributed by atoms with Gasteiger partial charge in [-0.2, -0.15) is 0 Å². The molecule has 0 aliphatic carbocycles. The maximum Gasteiger partial charge on any atom is 0.119 e. The van der Waals surface area contributed by atoms with Gasteiger partial charge in [-0.1, -0.05) is 47.2 Å². The van der Waals surface area contributed by atoms with Gasteiger partial charge < -0.3 is 24.4 Å². The highest BCUT2D eigenvalue weighted by Gasteiger charge is 2.45. The standard InChI is InChI=1S/C20H23N3O5S/c1-26-14-9-7-13(8-10-14)12-27-19-17(22-23-21)20(28-16(11-24)18(19)25)29-15-5-3-2-4-6-15/h2-10,16-20,24-25H,11-12H2,1H3/t16-,17-,18-,19-,20+/m1/s1. The van der Waals surface area contributed by atoms with Crippen molar-refractivity contribution in [2.24, 2.45) is 5.11 Å². The largest absolute Gasteiger partial charge is 0.497 e. The summed E-state index contributed by atoms with van der Waals surface area (Å²) in [5.41, 5.74) is 9.32. The molecule has 0 spiro atoms. The second kappa shape index (κ2) is 10.5. The summed E-state index contributed by atoms with van der Waals surface area (Å²) < 4.78 is 16.9. The number of ether oxygens (including phenoxy) is 3. The summed E-state index contributed by atoms with van der Waals surface area (Å²) in [5.74, 6) is 0.728. The predicted octanol–water partition coefficient (Wildman–Crippen LogP) is 3.13. The molecule has 29 heavy (non-hydrogen) atoms. The third kappa shape index (κ3) is 5.42. The molecule has 0 bridgehead atoms. The van der Waals surface area contributed by atoms with Gasteiger partial charge in [0.25, 0.3) is 0 Å². The smallest absolute Gasteiger partial charge is 0.119 e. The minimum Gasteiger partial charge on any atom is -0.497 e. The molecule has 1 aliphatic heterocycles. The van der Waals surface area contributed by atoms with E-state index < -0.39 is 29.8 Å². The molecular formula is C20H23N3O5S. The van der Waals surface area contributed by atoms with Crippen LogP contribution in [0.2, 0.25) is 0 Å². The first-order valence-electron chi connectivity index (χ1n) is 9.11. The third-order valence-electron chi connectivity index (χ3n) is 4.60. The Morgan fingerprint density at radius 3 is 2.52 bits per heavy atom. The van der Waals surface area contributed by atoms with Gasteiger partial charge in [-0.05, 0) is 35.4 Å². The molecule has 154 valence electrons. The molecule has 5 atom stereocenters. The van der Waals surface area contributed by atoms with Crippen molar-refractivity contribution in [3.8, 4) is 5.75 Å². The fraction of sp³-hybridized carbons (Fsp3) is 0.400. The third-order valence-corrected chi connectivity index (χ3v) is 5.77. The number of hydrogen-bond acceptors (Lipinski definition) is 7. The minimum absolute atomic E-state index is 0.198. The van der Waals surface area contributed by atoms with E-state index in [1.165, 1.54) is 11.8 Å². The van der Waals surface area contributed by atoms with Gasteiger partial charge in [0.1, 0.15) is 29.4 Å². The highest BCUT2D eigenvalue weighted by Crippen LogP contribution is 2.36. The molecule has 3 rings (SSSR count). The lowest BCUT2D eigenvalue weighted by molar-refractivity contribution is -0.185. The Balaban J connectivity index is 1.79. The van der Waals surface area contributed by atoms with Crippen molar-refractivity contribution in [3.05, 3.63) is 70.6 Å². The molecule has 1 aliphatic rings. The van der Waals surface area contributed by atoms with Gasteiger partial charge in [-0.15, -0.1) is 0 Å². The molecular weight excluding hydrogens is 394 g/mol. The van der Waals surface area contributed by atoms with Crippen LogP contribution in [0.15, 0.2) is 64.6 Å². The molecule has 0 radical (unpaired) electrons. The fourth-order valence-electron chi connectivity index (χ4n) is 3.07. The summed E-state index contributed by atoms with van der Waals surface area (Å²) in [5, 5.41) is 24.2. The first-order chi connectivity index (χ1) is 14.2. The zero-order chi connectivity index (χ0) is 20.6. The Hall–Kier alpha value is -2.26. The Bertz CT molecular complexity index is 817. The van der Waals surface area contributed by atoms with E-state index in [9.17, 15) is 10.2 Å². The van der Waals surface area contributed by atoms with Crippen molar-refractivity contribution >= 4 is 11.8 Å². The summed E-state index contributed by atoms with van der Waals surface area (Å²) in [6.07, 6.45) is -2.82. The van der Waals surface area contributed by atoms with Gasteiger partial charge in [0.05, 0.1) is 26.4 Å². The number of thioether (sulfide) groups is 1. The van der Waals surface area contributed by atoms with Crippen molar-refractivity contribution in [2.75, 3.05) is 13.7 Å². The molecule has 0 aromatic heterocycles. The summed E-state index contributed by atoms with van der Waals surface area (Å²) >= 11 is 1.36. The van der Waals surface area contributed by atoms with Crippen LogP contribution < -0.4 is 4.74 Å². The lowest BCUT2D eigenvalue weighted by Crippen LogP contribution is -2.57. The maximum absolute atomic E-state index is 10.6. The van der Waals surface area contributed by atoms with Gasteiger partial charge in [0.2, 0.25) is 0 Å². The number of methoxy groups -OCH3 is 1. The monoisotopic (exact) mass is 417 g/mol. The van der Waals surface area contributed by atoms with Crippen LogP contribution in [0.5, 0.6) is 5.75 Å². The quantitative estimate of drug-likeness (QED) is 0.387. The molecule has 0 unspecified atom stereocenters. The summed E-state index contributed by atoms with van der Waals surface area (Å²) in [4.78, 5) is 3.84. The first-order valence-corrected chi connectivity index (χ1v) is 9.99. The topological polar surface area (TPSA) is 117 Å². The van der Waals surface area contributed by atoms with Gasteiger partial charge in [0.15, 0.2) is 0 Å². The van der Waals surface area contributed by atoms with E-state index in [1.807, 2.05) is 54.6 Å². The molecule has 8 nitrogen and oxygen atoms in total. The Kier molecular flexibility index (Phi) is 7.76. The van der Waals surface area contributed by atoms with Crippen molar-refractivity contribution in [1.82, 2.24) is 0 Å². The van der Waals surface area contributed by atoms with E-state index in [0.29, 0.717) is 0 Å². The summed E-state index contributed by atoms with van der Waals surface area (Å²) in [6, 6.07) is 16.1. The van der Waals surface area contributed by atoms with Crippen molar-refractivity contribution in [1.29, 1.82) is 0 Å². The van der Waals surface area contributed by atoms with Crippen LogP contribution in [0, 0.1) is 0 Å². The number of aliphatic hydroxyl groups excluding tert-OH is 2. The lowest BCUT2D eigenvalue weighted by Gasteiger charge is -2.42. The normalized spacial score (nSPS) is 26.5. The van der Waals surface area contributed by atoms with Crippen molar-refractivity contribution < 1.29 is 24.4 Å². The lowest BCUT2D eigenvalue weighted by atomic mass is 9.98. The summed E-state index contributed by atoms with van der Waals surface area (Å²) in [7, 11) is 1.59. The number of hydrogen-bond donors (Lipinski definition) is 2. The molecule has 1 heterocycles. The van der Waals surface area contributed by atoms with Crippen molar-refractivity contribution in [2.45, 2.75) is 41.3 Å². The Morgan fingerprint density at radius 2 is 1.90 bits per heavy atom. The Labute approximate surface area is 173 Å². The molecule has 9 heteroatoms. The minimum atomic E-state index is -1.14.